The fraction of sp³-hybridized carbons (Fsp3) is 0.571. The predicted octanol–water partition coefficient (Wildman–Crippen LogP) is 2.73. The van der Waals surface area contributed by atoms with Crippen LogP contribution >= 0.6 is 0 Å². The van der Waals surface area contributed by atoms with Crippen LogP contribution in [0.2, 0.25) is 0 Å². The fourth-order valence-corrected chi connectivity index (χ4v) is 4.41. The van der Waals surface area contributed by atoms with Gasteiger partial charge in [0.05, 0.1) is 0 Å². The summed E-state index contributed by atoms with van der Waals surface area (Å²) in [6.45, 7) is 5.47. The number of piperidine rings is 1. The molecule has 0 radical (unpaired) electrons. The maximum atomic E-state index is 12.6. The van der Waals surface area contributed by atoms with Crippen LogP contribution in [-0.2, 0) is 9.59 Å². The van der Waals surface area contributed by atoms with Gasteiger partial charge in [-0.3, -0.25) is 14.6 Å². The van der Waals surface area contributed by atoms with E-state index in [1.54, 1.807) is 0 Å². The van der Waals surface area contributed by atoms with E-state index < -0.39 is 5.66 Å². The van der Waals surface area contributed by atoms with Crippen molar-refractivity contribution >= 4 is 17.5 Å². The van der Waals surface area contributed by atoms with Crippen molar-refractivity contribution in [3.05, 3.63) is 34.9 Å². The Morgan fingerprint density at radius 2 is 1.85 bits per heavy atom. The number of carbonyl (C=O) groups excluding carboxylic acids is 2. The van der Waals surface area contributed by atoms with E-state index in [1.807, 2.05) is 23.1 Å². The zero-order chi connectivity index (χ0) is 18.3. The Bertz CT molecular complexity index is 769. The molecule has 0 atom stereocenters. The molecule has 26 heavy (non-hydrogen) atoms. The number of aliphatic imine (C=N–C) groups is 1. The van der Waals surface area contributed by atoms with Crippen LogP contribution in [0.4, 0.5) is 0 Å². The van der Waals surface area contributed by atoms with Crippen LogP contribution in [0, 0.1) is 19.8 Å². The van der Waals surface area contributed by atoms with Crippen molar-refractivity contribution in [2.24, 2.45) is 10.9 Å². The van der Waals surface area contributed by atoms with Gasteiger partial charge in [0.15, 0.2) is 0 Å². The molecule has 1 aromatic rings. The molecule has 0 unspecified atom stereocenters. The number of carbonyl (C=O) groups is 2. The van der Waals surface area contributed by atoms with Crippen LogP contribution in [0.1, 0.15) is 55.2 Å². The fourth-order valence-electron chi connectivity index (χ4n) is 4.41. The summed E-state index contributed by atoms with van der Waals surface area (Å²) >= 11 is 0. The highest BCUT2D eigenvalue weighted by Gasteiger charge is 2.43. The van der Waals surface area contributed by atoms with Crippen LogP contribution in [0.5, 0.6) is 0 Å². The van der Waals surface area contributed by atoms with E-state index in [2.05, 4.69) is 19.2 Å². The quantitative estimate of drug-likeness (QED) is 0.889. The second-order valence-corrected chi connectivity index (χ2v) is 8.05. The smallest absolute Gasteiger partial charge is 0.272 e. The molecule has 2 heterocycles. The third-order valence-corrected chi connectivity index (χ3v) is 6.27. The number of nitrogens with one attached hydrogen (secondary N) is 1. The van der Waals surface area contributed by atoms with Crippen molar-refractivity contribution in [3.63, 3.8) is 0 Å². The number of likely N-dealkylation sites (tertiary alicyclic amines) is 1. The van der Waals surface area contributed by atoms with Gasteiger partial charge < -0.3 is 10.2 Å². The summed E-state index contributed by atoms with van der Waals surface area (Å²) in [6.07, 6.45) is 5.82. The number of aryl methyl sites for hydroxylation is 2. The molecule has 2 fully saturated rings. The average molecular weight is 353 g/mol. The van der Waals surface area contributed by atoms with Gasteiger partial charge in [0.1, 0.15) is 11.4 Å². The van der Waals surface area contributed by atoms with E-state index in [0.29, 0.717) is 37.6 Å². The molecule has 1 saturated carbocycles. The highest BCUT2D eigenvalue weighted by molar-refractivity contribution is 6.46. The number of hydrogen-bond donors (Lipinski definition) is 1. The van der Waals surface area contributed by atoms with Gasteiger partial charge in [0.25, 0.3) is 5.91 Å². The molecule has 0 aromatic heterocycles. The third-order valence-electron chi connectivity index (χ3n) is 6.27. The first-order valence-corrected chi connectivity index (χ1v) is 9.76. The lowest BCUT2D eigenvalue weighted by Crippen LogP contribution is -2.53. The van der Waals surface area contributed by atoms with E-state index in [-0.39, 0.29) is 11.8 Å². The second kappa shape index (κ2) is 6.53. The van der Waals surface area contributed by atoms with Gasteiger partial charge in [0.2, 0.25) is 5.91 Å². The SMILES string of the molecule is Cc1ccc(C2=NC3(CCN(C(=O)C4CCCC4)CC3)NC2=O)cc1C. The summed E-state index contributed by atoms with van der Waals surface area (Å²) < 4.78 is 0. The molecule has 138 valence electrons. The molecule has 3 aliphatic rings. The van der Waals surface area contributed by atoms with Gasteiger partial charge in [-0.1, -0.05) is 25.0 Å². The Kier molecular flexibility index (Phi) is 4.33. The number of benzene rings is 1. The van der Waals surface area contributed by atoms with Gasteiger partial charge in [0, 0.05) is 37.4 Å². The Morgan fingerprint density at radius 1 is 1.15 bits per heavy atom. The molecule has 5 nitrogen and oxygen atoms in total. The first kappa shape index (κ1) is 17.3. The van der Waals surface area contributed by atoms with E-state index >= 15 is 0 Å². The summed E-state index contributed by atoms with van der Waals surface area (Å²) in [5.74, 6) is 0.431. The minimum absolute atomic E-state index is 0.0937. The molecule has 1 saturated heterocycles. The molecular weight excluding hydrogens is 326 g/mol. The number of rotatable bonds is 2. The molecule has 1 spiro atoms. The van der Waals surface area contributed by atoms with E-state index in [9.17, 15) is 9.59 Å². The van der Waals surface area contributed by atoms with Crippen molar-refractivity contribution in [1.29, 1.82) is 0 Å². The predicted molar refractivity (Wildman–Crippen MR) is 101 cm³/mol. The van der Waals surface area contributed by atoms with Crippen LogP contribution in [0.3, 0.4) is 0 Å². The minimum Gasteiger partial charge on any atom is -0.342 e. The third kappa shape index (κ3) is 3.04. The standard InChI is InChI=1S/C21H27N3O2/c1-14-7-8-17(13-15(14)2)18-19(25)23-21(22-18)9-11-24(12-10-21)20(26)16-5-3-4-6-16/h7-8,13,16H,3-6,9-12H2,1-2H3,(H,23,25). The lowest BCUT2D eigenvalue weighted by Gasteiger charge is -2.38. The Balaban J connectivity index is 1.48. The maximum absolute atomic E-state index is 12.6. The topological polar surface area (TPSA) is 61.8 Å². The molecule has 4 rings (SSSR count). The summed E-state index contributed by atoms with van der Waals surface area (Å²) in [5.41, 5.74) is 3.25. The number of hydrogen-bond acceptors (Lipinski definition) is 3. The molecule has 1 aliphatic carbocycles. The van der Waals surface area contributed by atoms with E-state index in [0.717, 1.165) is 24.0 Å². The molecule has 5 heteroatoms. The van der Waals surface area contributed by atoms with Crippen molar-refractivity contribution in [2.75, 3.05) is 13.1 Å². The molecular formula is C21H27N3O2. The first-order valence-electron chi connectivity index (χ1n) is 9.76. The van der Waals surface area contributed by atoms with Crippen LogP contribution in [0.25, 0.3) is 0 Å². The molecule has 1 aromatic carbocycles. The van der Waals surface area contributed by atoms with Gasteiger partial charge >= 0.3 is 0 Å². The van der Waals surface area contributed by atoms with Crippen molar-refractivity contribution in [3.8, 4) is 0 Å². The van der Waals surface area contributed by atoms with Crippen LogP contribution in [0.15, 0.2) is 23.2 Å². The highest BCUT2D eigenvalue weighted by atomic mass is 16.2. The Labute approximate surface area is 154 Å². The molecule has 2 amide bonds. The largest absolute Gasteiger partial charge is 0.342 e. The van der Waals surface area contributed by atoms with Crippen molar-refractivity contribution < 1.29 is 9.59 Å². The first-order chi connectivity index (χ1) is 12.5. The summed E-state index contributed by atoms with van der Waals surface area (Å²) in [4.78, 5) is 32.0. The van der Waals surface area contributed by atoms with Crippen LogP contribution < -0.4 is 5.32 Å². The number of amides is 2. The van der Waals surface area contributed by atoms with Crippen LogP contribution in [-0.4, -0.2) is 41.2 Å². The monoisotopic (exact) mass is 353 g/mol. The molecule has 1 N–H and O–H groups in total. The normalized spacial score (nSPS) is 22.6. The summed E-state index contributed by atoms with van der Waals surface area (Å²) in [7, 11) is 0. The molecule has 0 bridgehead atoms. The second-order valence-electron chi connectivity index (χ2n) is 8.05. The summed E-state index contributed by atoms with van der Waals surface area (Å²) in [6, 6.07) is 6.04. The number of nitrogens with zero attached hydrogens (tertiary/aromatic N) is 2. The van der Waals surface area contributed by atoms with Gasteiger partial charge in [-0.25, -0.2) is 0 Å². The lowest BCUT2D eigenvalue weighted by molar-refractivity contribution is -0.137. The highest BCUT2D eigenvalue weighted by Crippen LogP contribution is 2.32. The molecule has 2 aliphatic heterocycles. The van der Waals surface area contributed by atoms with E-state index in [1.165, 1.54) is 18.4 Å². The average Bonchev–Trinajstić information content (AvgIpc) is 3.26. The maximum Gasteiger partial charge on any atom is 0.272 e. The van der Waals surface area contributed by atoms with Gasteiger partial charge in [-0.2, -0.15) is 0 Å². The summed E-state index contributed by atoms with van der Waals surface area (Å²) in [5, 5.41) is 3.10. The Hall–Kier alpha value is -2.17. The van der Waals surface area contributed by atoms with Gasteiger partial charge in [-0.05, 0) is 43.9 Å². The van der Waals surface area contributed by atoms with E-state index in [4.69, 9.17) is 4.99 Å². The zero-order valence-corrected chi connectivity index (χ0v) is 15.7. The van der Waals surface area contributed by atoms with Crippen molar-refractivity contribution in [2.45, 2.75) is 58.0 Å². The Morgan fingerprint density at radius 3 is 2.50 bits per heavy atom. The van der Waals surface area contributed by atoms with Gasteiger partial charge in [-0.15, -0.1) is 0 Å². The minimum atomic E-state index is -0.530. The lowest BCUT2D eigenvalue weighted by atomic mass is 9.96. The zero-order valence-electron chi connectivity index (χ0n) is 15.7. The van der Waals surface area contributed by atoms with Crippen molar-refractivity contribution in [1.82, 2.24) is 10.2 Å².